The third-order valence-corrected chi connectivity index (χ3v) is 13.8. The van der Waals surface area contributed by atoms with Crippen molar-refractivity contribution in [3.05, 3.63) is 0 Å². The fourth-order valence-corrected chi connectivity index (χ4v) is 9.41. The minimum Gasteiger partial charge on any atom is -0.342 e. The van der Waals surface area contributed by atoms with Crippen molar-refractivity contribution < 1.29 is 14.4 Å². The standard InChI is InChI=1S/C14H27N3O.C13H27N3.C11H22N2O.C9H17NO.CH4/c1-12(2)14(18)17-6-4-13(5-7-17)16-10-8-15(3)9-11-16;1-12(2)15-6-4-13(5-7-15)16-10-8-14(3)9-11-16;1-9(2)11(14)13-7-5-10(6-8-13)12(3)4;1-8(2)9(11)10-6-4-3-5-7-10;/h12-13H,4-11H2,1-3H3;12-13H,4-11H2,1-3H3;9-10H,5-8H2,1-4H3;8H,3-7H2,1-2H3;1H4. The summed E-state index contributed by atoms with van der Waals surface area (Å²) in [4.78, 5) is 56.2. The summed E-state index contributed by atoms with van der Waals surface area (Å²) in [5.41, 5.74) is 0. The lowest BCUT2D eigenvalue weighted by Gasteiger charge is -2.43. The third kappa shape index (κ3) is 18.5. The predicted molar refractivity (Wildman–Crippen MR) is 252 cm³/mol. The summed E-state index contributed by atoms with van der Waals surface area (Å²) < 4.78 is 0. The molecule has 0 radical (unpaired) electrons. The summed E-state index contributed by atoms with van der Waals surface area (Å²) >= 11 is 0. The third-order valence-electron chi connectivity index (χ3n) is 13.8. The van der Waals surface area contributed by atoms with E-state index in [2.05, 4.69) is 76.3 Å². The molecule has 0 aliphatic carbocycles. The van der Waals surface area contributed by atoms with E-state index in [0.29, 0.717) is 29.8 Å². The van der Waals surface area contributed by atoms with Gasteiger partial charge in [-0.05, 0) is 113 Å². The first kappa shape index (κ1) is 54.3. The van der Waals surface area contributed by atoms with Gasteiger partial charge in [0.25, 0.3) is 0 Å². The van der Waals surface area contributed by atoms with Crippen molar-refractivity contribution in [2.24, 2.45) is 17.8 Å². The van der Waals surface area contributed by atoms with Crippen LogP contribution in [0.2, 0.25) is 0 Å². The first-order valence-corrected chi connectivity index (χ1v) is 24.1. The van der Waals surface area contributed by atoms with Crippen LogP contribution in [0, 0.1) is 17.8 Å². The van der Waals surface area contributed by atoms with Crippen molar-refractivity contribution in [1.82, 2.24) is 44.1 Å². The molecular weight excluding hydrogens is 751 g/mol. The molecule has 0 bridgehead atoms. The van der Waals surface area contributed by atoms with E-state index in [1.807, 2.05) is 51.3 Å². The average Bonchev–Trinajstić information content (AvgIpc) is 3.24. The normalized spacial score (nSPS) is 22.9. The number of amides is 3. The number of nitrogens with zero attached hydrogens (tertiary/aromatic N) is 9. The molecule has 6 aliphatic rings. The highest BCUT2D eigenvalue weighted by Crippen LogP contribution is 2.21. The molecule has 352 valence electrons. The molecule has 0 spiro atoms. The van der Waals surface area contributed by atoms with Crippen LogP contribution in [0.4, 0.5) is 0 Å². The number of likely N-dealkylation sites (tertiary alicyclic amines) is 4. The summed E-state index contributed by atoms with van der Waals surface area (Å²) in [6.45, 7) is 34.7. The van der Waals surface area contributed by atoms with Crippen molar-refractivity contribution in [2.45, 2.75) is 145 Å². The van der Waals surface area contributed by atoms with Crippen molar-refractivity contribution in [1.29, 1.82) is 0 Å². The van der Waals surface area contributed by atoms with Crippen LogP contribution in [-0.2, 0) is 14.4 Å². The number of hydrogen-bond donors (Lipinski definition) is 0. The van der Waals surface area contributed by atoms with Gasteiger partial charge < -0.3 is 34.3 Å². The highest BCUT2D eigenvalue weighted by Gasteiger charge is 2.30. The molecule has 6 heterocycles. The second kappa shape index (κ2) is 28.1. The summed E-state index contributed by atoms with van der Waals surface area (Å²) in [5, 5.41) is 0. The Morgan fingerprint density at radius 1 is 0.433 bits per heavy atom. The maximum absolute atomic E-state index is 11.9. The van der Waals surface area contributed by atoms with E-state index < -0.39 is 0 Å². The predicted octanol–water partition coefficient (Wildman–Crippen LogP) is 5.47. The number of piperidine rings is 4. The van der Waals surface area contributed by atoms with Crippen LogP contribution < -0.4 is 0 Å². The first-order valence-electron chi connectivity index (χ1n) is 24.1. The maximum atomic E-state index is 11.9. The number of rotatable bonds is 7. The van der Waals surface area contributed by atoms with Crippen LogP contribution in [0.25, 0.3) is 0 Å². The molecule has 0 saturated carbocycles. The Morgan fingerprint density at radius 3 is 1.07 bits per heavy atom. The Bertz CT molecular complexity index is 1170. The molecule has 6 aliphatic heterocycles. The molecule has 6 fully saturated rings. The van der Waals surface area contributed by atoms with Crippen molar-refractivity contribution >= 4 is 17.7 Å². The monoisotopic (exact) mass is 848 g/mol. The summed E-state index contributed by atoms with van der Waals surface area (Å²) in [5.74, 6) is 1.42. The Kier molecular flexibility index (Phi) is 25.4. The lowest BCUT2D eigenvalue weighted by Crippen LogP contribution is -2.53. The number of hydrogen-bond acceptors (Lipinski definition) is 9. The van der Waals surface area contributed by atoms with Crippen molar-refractivity contribution in [2.75, 3.05) is 133 Å². The number of carbonyl (C=O) groups is 3. The molecule has 12 heteroatoms. The van der Waals surface area contributed by atoms with E-state index in [0.717, 1.165) is 77.0 Å². The molecule has 0 unspecified atom stereocenters. The highest BCUT2D eigenvalue weighted by atomic mass is 16.2. The largest absolute Gasteiger partial charge is 0.342 e. The van der Waals surface area contributed by atoms with Gasteiger partial charge in [-0.1, -0.05) is 49.0 Å². The Labute approximate surface area is 370 Å². The quantitative estimate of drug-likeness (QED) is 0.332. The van der Waals surface area contributed by atoms with Gasteiger partial charge in [0.05, 0.1) is 0 Å². The van der Waals surface area contributed by atoms with Crippen LogP contribution in [-0.4, -0.2) is 219 Å². The molecule has 12 nitrogen and oxygen atoms in total. The zero-order valence-corrected chi connectivity index (χ0v) is 40.5. The molecule has 0 aromatic rings. The minimum absolute atomic E-state index is 0. The topological polar surface area (TPSA) is 80.4 Å². The van der Waals surface area contributed by atoms with E-state index in [1.165, 1.54) is 97.6 Å². The zero-order valence-electron chi connectivity index (χ0n) is 40.5. The van der Waals surface area contributed by atoms with Crippen LogP contribution in [0.3, 0.4) is 0 Å². The van der Waals surface area contributed by atoms with Crippen LogP contribution in [0.1, 0.15) is 121 Å². The molecule has 6 rings (SSSR count). The van der Waals surface area contributed by atoms with Crippen LogP contribution in [0.15, 0.2) is 0 Å². The molecule has 0 aromatic carbocycles. The summed E-state index contributed by atoms with van der Waals surface area (Å²) in [6.07, 6.45) is 11.0. The van der Waals surface area contributed by atoms with Gasteiger partial charge >= 0.3 is 0 Å². The Hall–Kier alpha value is -1.83. The van der Waals surface area contributed by atoms with Crippen molar-refractivity contribution in [3.63, 3.8) is 0 Å². The highest BCUT2D eigenvalue weighted by molar-refractivity contribution is 5.79. The second-order valence-electron chi connectivity index (χ2n) is 20.0. The minimum atomic E-state index is 0. The van der Waals surface area contributed by atoms with Gasteiger partial charge in [0.15, 0.2) is 0 Å². The van der Waals surface area contributed by atoms with Gasteiger partial charge in [0.2, 0.25) is 17.7 Å². The van der Waals surface area contributed by atoms with Gasteiger partial charge in [-0.25, -0.2) is 0 Å². The maximum Gasteiger partial charge on any atom is 0.225 e. The number of piperazine rings is 2. The van der Waals surface area contributed by atoms with E-state index in [9.17, 15) is 14.4 Å². The van der Waals surface area contributed by atoms with Gasteiger partial charge in [0, 0.05) is 134 Å². The van der Waals surface area contributed by atoms with E-state index in [1.54, 1.807) is 0 Å². The van der Waals surface area contributed by atoms with Gasteiger partial charge in [0.1, 0.15) is 0 Å². The van der Waals surface area contributed by atoms with E-state index in [4.69, 9.17) is 0 Å². The summed E-state index contributed by atoms with van der Waals surface area (Å²) in [6, 6.07) is 2.96. The molecule has 6 saturated heterocycles. The Balaban J connectivity index is 0.000000278. The zero-order chi connectivity index (χ0) is 43.6. The second-order valence-corrected chi connectivity index (χ2v) is 20.0. The molecule has 0 aromatic heterocycles. The fraction of sp³-hybridized carbons (Fsp3) is 0.938. The number of likely N-dealkylation sites (N-methyl/N-ethyl adjacent to an activating group) is 2. The van der Waals surface area contributed by atoms with E-state index >= 15 is 0 Å². The SMILES string of the molecule is C.CC(C)C(=O)N1CCC(N(C)C)CC1.CC(C)C(=O)N1CCC(N2CCN(C)CC2)CC1.CC(C)C(=O)N1CCCCC1.CC(C)N1CCC(N2CCN(C)CC2)CC1. The van der Waals surface area contributed by atoms with Gasteiger partial charge in [-0.15, -0.1) is 0 Å². The summed E-state index contributed by atoms with van der Waals surface area (Å²) in [7, 11) is 8.66. The van der Waals surface area contributed by atoms with Gasteiger partial charge in [-0.2, -0.15) is 0 Å². The molecular formula is C48H97N9O3. The molecule has 60 heavy (non-hydrogen) atoms. The number of carbonyl (C=O) groups excluding carboxylic acids is 3. The lowest BCUT2D eigenvalue weighted by atomic mass is 10.0. The first-order chi connectivity index (χ1) is 28.0. The molecule has 0 atom stereocenters. The van der Waals surface area contributed by atoms with Crippen molar-refractivity contribution in [3.8, 4) is 0 Å². The smallest absolute Gasteiger partial charge is 0.225 e. The molecule has 0 N–H and O–H groups in total. The Morgan fingerprint density at radius 2 is 0.750 bits per heavy atom. The average molecular weight is 848 g/mol. The fourth-order valence-electron chi connectivity index (χ4n) is 9.41. The molecule has 3 amide bonds. The van der Waals surface area contributed by atoms with Gasteiger partial charge in [-0.3, -0.25) is 24.2 Å². The lowest BCUT2D eigenvalue weighted by molar-refractivity contribution is -0.136. The van der Waals surface area contributed by atoms with E-state index in [-0.39, 0.29) is 25.2 Å². The van der Waals surface area contributed by atoms with Crippen LogP contribution >= 0.6 is 0 Å². The van der Waals surface area contributed by atoms with Crippen LogP contribution in [0.5, 0.6) is 0 Å².